The first-order valence-electron chi connectivity index (χ1n) is 11.6. The number of hydrogen-bond donors (Lipinski definition) is 2. The van der Waals surface area contributed by atoms with Crippen LogP contribution in [0.1, 0.15) is 22.3 Å². The predicted molar refractivity (Wildman–Crippen MR) is 152 cm³/mol. The molecule has 1 aliphatic rings. The Morgan fingerprint density at radius 3 is 2.21 bits per heavy atom. The first-order chi connectivity index (χ1) is 18.4. The number of imide groups is 2. The zero-order chi connectivity index (χ0) is 28.4. The highest BCUT2D eigenvalue weighted by Gasteiger charge is 2.37. The third-order valence-electron chi connectivity index (χ3n) is 5.99. The molecule has 1 fully saturated rings. The van der Waals surface area contributed by atoms with E-state index >= 15 is 0 Å². The van der Waals surface area contributed by atoms with Crippen LogP contribution in [0.2, 0.25) is 15.1 Å². The average Bonchev–Trinajstić information content (AvgIpc) is 2.85. The van der Waals surface area contributed by atoms with Gasteiger partial charge in [0.1, 0.15) is 5.57 Å². The number of aryl methyl sites for hydroxylation is 3. The van der Waals surface area contributed by atoms with Crippen molar-refractivity contribution in [2.45, 2.75) is 20.8 Å². The van der Waals surface area contributed by atoms with Gasteiger partial charge in [-0.1, -0.05) is 46.9 Å². The van der Waals surface area contributed by atoms with Crippen molar-refractivity contribution >= 4 is 76.0 Å². The molecule has 1 aliphatic heterocycles. The first kappa shape index (κ1) is 28.2. The summed E-state index contributed by atoms with van der Waals surface area (Å²) >= 11 is 18.8. The fraction of sp³-hybridized carbons (Fsp3) is 0.143. The van der Waals surface area contributed by atoms with Crippen molar-refractivity contribution in [3.05, 3.63) is 91.4 Å². The maximum atomic E-state index is 13.2. The van der Waals surface area contributed by atoms with Gasteiger partial charge in [0.2, 0.25) is 0 Å². The zero-order valence-electron chi connectivity index (χ0n) is 21.0. The minimum absolute atomic E-state index is 0.0453. The van der Waals surface area contributed by atoms with Crippen LogP contribution in [-0.2, 0) is 14.4 Å². The number of carbonyl (C=O) groups is 4. The highest BCUT2D eigenvalue weighted by atomic mass is 35.5. The quantitative estimate of drug-likeness (QED) is 0.262. The van der Waals surface area contributed by atoms with Crippen LogP contribution in [-0.4, -0.2) is 30.4 Å². The molecule has 0 bridgehead atoms. The van der Waals surface area contributed by atoms with Gasteiger partial charge in [-0.15, -0.1) is 0 Å². The molecule has 3 aromatic carbocycles. The second kappa shape index (κ2) is 11.5. The Bertz CT molecular complexity index is 1540. The van der Waals surface area contributed by atoms with Crippen molar-refractivity contribution in [2.24, 2.45) is 0 Å². The van der Waals surface area contributed by atoms with Gasteiger partial charge in [-0.3, -0.25) is 19.7 Å². The van der Waals surface area contributed by atoms with Gasteiger partial charge in [0.25, 0.3) is 17.7 Å². The number of carbonyl (C=O) groups excluding carboxylic acids is 4. The van der Waals surface area contributed by atoms with Crippen molar-refractivity contribution in [2.75, 3.05) is 16.8 Å². The minimum atomic E-state index is -0.856. The van der Waals surface area contributed by atoms with E-state index in [9.17, 15) is 19.2 Å². The van der Waals surface area contributed by atoms with Crippen molar-refractivity contribution in [1.82, 2.24) is 5.32 Å². The molecule has 0 aromatic heterocycles. The van der Waals surface area contributed by atoms with Gasteiger partial charge in [-0.25, -0.2) is 9.69 Å². The Kier molecular flexibility index (Phi) is 8.30. The lowest BCUT2D eigenvalue weighted by Gasteiger charge is -2.27. The number of benzene rings is 3. The van der Waals surface area contributed by atoms with E-state index in [2.05, 4.69) is 10.6 Å². The molecule has 0 radical (unpaired) electrons. The summed E-state index contributed by atoms with van der Waals surface area (Å²) in [5, 5.41) is 5.45. The molecule has 11 heteroatoms. The minimum Gasteiger partial charge on any atom is -0.481 e. The van der Waals surface area contributed by atoms with Gasteiger partial charge in [0.05, 0.1) is 15.7 Å². The number of rotatable bonds is 6. The SMILES string of the molecule is Cc1ccc(N2C(=O)NC(=O)/C(=C/c3cc(Cl)c(OCC(=O)Nc4ccc(C)c(Cl)c4)c(Cl)c3)C2=O)cc1C. The molecule has 8 nitrogen and oxygen atoms in total. The molecular weight excluding hydrogens is 565 g/mol. The van der Waals surface area contributed by atoms with Crippen LogP contribution in [0.4, 0.5) is 16.2 Å². The molecule has 0 aliphatic carbocycles. The smallest absolute Gasteiger partial charge is 0.335 e. The molecule has 5 amide bonds. The van der Waals surface area contributed by atoms with Crippen LogP contribution in [0.3, 0.4) is 0 Å². The summed E-state index contributed by atoms with van der Waals surface area (Å²) in [6.45, 7) is 5.21. The molecule has 0 unspecified atom stereocenters. The highest BCUT2D eigenvalue weighted by molar-refractivity contribution is 6.40. The van der Waals surface area contributed by atoms with Gasteiger partial charge in [-0.2, -0.15) is 0 Å². The fourth-order valence-corrected chi connectivity index (χ4v) is 4.52. The number of barbiturate groups is 1. The molecule has 200 valence electrons. The van der Waals surface area contributed by atoms with Crippen LogP contribution in [0.25, 0.3) is 6.08 Å². The summed E-state index contributed by atoms with van der Waals surface area (Å²) in [6, 6.07) is 12.2. The summed E-state index contributed by atoms with van der Waals surface area (Å²) in [5.41, 5.74) is 3.58. The number of halogens is 3. The van der Waals surface area contributed by atoms with Gasteiger partial charge in [0.15, 0.2) is 12.4 Å². The first-order valence-corrected chi connectivity index (χ1v) is 12.7. The summed E-state index contributed by atoms with van der Waals surface area (Å²) in [7, 11) is 0. The number of ether oxygens (including phenoxy) is 1. The third-order valence-corrected chi connectivity index (χ3v) is 6.95. The number of nitrogens with zero attached hydrogens (tertiary/aromatic N) is 1. The van der Waals surface area contributed by atoms with Crippen molar-refractivity contribution < 1.29 is 23.9 Å². The molecule has 0 atom stereocenters. The number of hydrogen-bond acceptors (Lipinski definition) is 5. The standard InChI is InChI=1S/C28H22Cl3N3O5/c1-14-5-7-19(8-16(14)3)34-27(37)20(26(36)33-28(34)38)9-17-10-22(30)25(23(31)11-17)39-13-24(35)32-18-6-4-15(2)21(29)12-18/h4-12H,13H2,1-3H3,(H,32,35)(H,33,36,38)/b20-9-. The van der Waals surface area contributed by atoms with E-state index in [0.717, 1.165) is 21.6 Å². The Balaban J connectivity index is 1.52. The van der Waals surface area contributed by atoms with E-state index in [-0.39, 0.29) is 28.0 Å². The van der Waals surface area contributed by atoms with Crippen LogP contribution < -0.4 is 20.3 Å². The van der Waals surface area contributed by atoms with Crippen molar-refractivity contribution in [1.29, 1.82) is 0 Å². The molecular formula is C28H22Cl3N3O5. The predicted octanol–water partition coefficient (Wildman–Crippen LogP) is 6.26. The van der Waals surface area contributed by atoms with Crippen LogP contribution >= 0.6 is 34.8 Å². The maximum Gasteiger partial charge on any atom is 0.335 e. The molecule has 4 rings (SSSR count). The number of nitrogens with one attached hydrogen (secondary N) is 2. The second-order valence-corrected chi connectivity index (χ2v) is 10.1. The van der Waals surface area contributed by atoms with Crippen molar-refractivity contribution in [3.8, 4) is 5.75 Å². The van der Waals surface area contributed by atoms with Gasteiger partial charge in [-0.05, 0) is 85.5 Å². The van der Waals surface area contributed by atoms with Crippen molar-refractivity contribution in [3.63, 3.8) is 0 Å². The number of anilines is 2. The normalized spacial score (nSPS) is 14.5. The Hall–Kier alpha value is -3.85. The molecule has 0 saturated carbocycles. The van der Waals surface area contributed by atoms with Crippen LogP contribution in [0, 0.1) is 20.8 Å². The van der Waals surface area contributed by atoms with E-state index in [1.165, 1.54) is 18.2 Å². The largest absolute Gasteiger partial charge is 0.481 e. The Morgan fingerprint density at radius 2 is 1.56 bits per heavy atom. The van der Waals surface area contributed by atoms with E-state index in [1.807, 2.05) is 20.8 Å². The highest BCUT2D eigenvalue weighted by Crippen LogP contribution is 2.35. The zero-order valence-corrected chi connectivity index (χ0v) is 23.3. The molecule has 3 aromatic rings. The molecule has 1 heterocycles. The second-order valence-electron chi connectivity index (χ2n) is 8.84. The van der Waals surface area contributed by atoms with E-state index in [1.54, 1.807) is 36.4 Å². The number of amides is 5. The summed E-state index contributed by atoms with van der Waals surface area (Å²) in [4.78, 5) is 51.4. The summed E-state index contributed by atoms with van der Waals surface area (Å²) in [5.74, 6) is -2.07. The lowest BCUT2D eigenvalue weighted by molar-refractivity contribution is -0.122. The summed E-state index contributed by atoms with van der Waals surface area (Å²) in [6.07, 6.45) is 1.27. The van der Waals surface area contributed by atoms with E-state index < -0.39 is 23.8 Å². The maximum absolute atomic E-state index is 13.2. The van der Waals surface area contributed by atoms with Crippen LogP contribution in [0.5, 0.6) is 5.75 Å². The fourth-order valence-electron chi connectivity index (χ4n) is 3.73. The van der Waals surface area contributed by atoms with Crippen LogP contribution in [0.15, 0.2) is 54.1 Å². The third kappa shape index (κ3) is 6.25. The topological polar surface area (TPSA) is 105 Å². The van der Waals surface area contributed by atoms with E-state index in [0.29, 0.717) is 22.0 Å². The van der Waals surface area contributed by atoms with E-state index in [4.69, 9.17) is 39.5 Å². The lowest BCUT2D eigenvalue weighted by atomic mass is 10.0. The molecule has 39 heavy (non-hydrogen) atoms. The molecule has 0 spiro atoms. The number of urea groups is 1. The Morgan fingerprint density at radius 1 is 0.897 bits per heavy atom. The molecule has 2 N–H and O–H groups in total. The average molecular weight is 587 g/mol. The Labute approximate surface area is 239 Å². The van der Waals surface area contributed by atoms with Gasteiger partial charge in [0, 0.05) is 10.7 Å². The molecule has 1 saturated heterocycles. The van der Waals surface area contributed by atoms with Gasteiger partial charge < -0.3 is 10.1 Å². The lowest BCUT2D eigenvalue weighted by Crippen LogP contribution is -2.54. The monoisotopic (exact) mass is 585 g/mol. The van der Waals surface area contributed by atoms with Gasteiger partial charge >= 0.3 is 6.03 Å². The summed E-state index contributed by atoms with van der Waals surface area (Å²) < 4.78 is 5.52.